The van der Waals surface area contributed by atoms with Gasteiger partial charge in [0.15, 0.2) is 5.65 Å². The molecule has 0 radical (unpaired) electrons. The molecule has 21 heavy (non-hydrogen) atoms. The highest BCUT2D eigenvalue weighted by Gasteiger charge is 2.29. The molecular formula is C13H15BrClN3O2S. The molecule has 0 N–H and O–H groups in total. The maximum Gasteiger partial charge on any atom is 0.160 e. The molecule has 0 spiro atoms. The second-order valence-electron chi connectivity index (χ2n) is 5.34. The second-order valence-corrected chi connectivity index (χ2v) is 9.21. The molecule has 1 saturated heterocycles. The molecule has 3 heterocycles. The third-order valence-electron chi connectivity index (χ3n) is 3.77. The van der Waals surface area contributed by atoms with Crippen LogP contribution >= 0.6 is 27.5 Å². The third kappa shape index (κ3) is 2.96. The van der Waals surface area contributed by atoms with Crippen LogP contribution in [0.1, 0.15) is 37.0 Å². The van der Waals surface area contributed by atoms with Gasteiger partial charge in [-0.3, -0.25) is 0 Å². The number of alkyl halides is 1. The molecule has 2 aromatic rings. The number of pyridine rings is 1. The van der Waals surface area contributed by atoms with Crippen molar-refractivity contribution in [2.24, 2.45) is 0 Å². The van der Waals surface area contributed by atoms with E-state index in [2.05, 4.69) is 25.9 Å². The largest absolute Gasteiger partial charge is 0.308 e. The maximum absolute atomic E-state index is 11.6. The lowest BCUT2D eigenvalue weighted by molar-refractivity contribution is 0.444. The first-order valence-electron chi connectivity index (χ1n) is 6.75. The minimum absolute atomic E-state index is 0.0865. The van der Waals surface area contributed by atoms with Crippen molar-refractivity contribution < 1.29 is 8.42 Å². The summed E-state index contributed by atoms with van der Waals surface area (Å²) in [5.74, 6) is 1.18. The van der Waals surface area contributed by atoms with Gasteiger partial charge in [-0.25, -0.2) is 18.4 Å². The van der Waals surface area contributed by atoms with Crippen molar-refractivity contribution in [3.05, 3.63) is 22.6 Å². The highest BCUT2D eigenvalue weighted by atomic mass is 79.9. The highest BCUT2D eigenvalue weighted by molar-refractivity contribution is 9.10. The number of hydrogen-bond acceptors (Lipinski definition) is 4. The Morgan fingerprint density at radius 3 is 2.71 bits per heavy atom. The second kappa shape index (κ2) is 5.52. The van der Waals surface area contributed by atoms with Gasteiger partial charge in [-0.15, -0.1) is 11.6 Å². The van der Waals surface area contributed by atoms with E-state index in [9.17, 15) is 8.42 Å². The van der Waals surface area contributed by atoms with Crippen LogP contribution in [0.3, 0.4) is 0 Å². The van der Waals surface area contributed by atoms with E-state index < -0.39 is 9.84 Å². The summed E-state index contributed by atoms with van der Waals surface area (Å²) in [4.78, 5) is 9.01. The number of imidazole rings is 1. The Labute approximate surface area is 136 Å². The lowest BCUT2D eigenvalue weighted by Crippen LogP contribution is -2.26. The Bertz CT molecular complexity index is 774. The first-order chi connectivity index (χ1) is 9.87. The molecule has 0 bridgehead atoms. The van der Waals surface area contributed by atoms with Gasteiger partial charge in [0.2, 0.25) is 0 Å². The summed E-state index contributed by atoms with van der Waals surface area (Å²) in [5, 5.41) is -0.253. The zero-order chi connectivity index (χ0) is 15.2. The molecule has 0 aromatic carbocycles. The summed E-state index contributed by atoms with van der Waals surface area (Å²) >= 11 is 9.64. The maximum atomic E-state index is 11.6. The number of halogens is 2. The smallest absolute Gasteiger partial charge is 0.160 e. The van der Waals surface area contributed by atoms with Crippen LogP contribution in [-0.2, 0) is 9.84 Å². The average molecular weight is 393 g/mol. The molecular weight excluding hydrogens is 378 g/mol. The quantitative estimate of drug-likeness (QED) is 0.736. The monoisotopic (exact) mass is 391 g/mol. The van der Waals surface area contributed by atoms with E-state index in [0.717, 1.165) is 21.5 Å². The van der Waals surface area contributed by atoms with E-state index >= 15 is 0 Å². The van der Waals surface area contributed by atoms with Crippen molar-refractivity contribution in [3.63, 3.8) is 0 Å². The SMILES string of the molecule is CC(Cl)c1nc2cc(Br)cnc2n1C1CCS(=O)(=O)CC1. The van der Waals surface area contributed by atoms with Gasteiger partial charge in [0, 0.05) is 16.7 Å². The van der Waals surface area contributed by atoms with Crippen LogP contribution in [0.5, 0.6) is 0 Å². The van der Waals surface area contributed by atoms with Gasteiger partial charge in [-0.1, -0.05) is 0 Å². The van der Waals surface area contributed by atoms with Crippen LogP contribution < -0.4 is 0 Å². The minimum atomic E-state index is -2.89. The Morgan fingerprint density at radius 1 is 1.43 bits per heavy atom. The third-order valence-corrected chi connectivity index (χ3v) is 6.11. The standard InChI is InChI=1S/C13H15BrClN3O2S/c1-8(15)12-17-11-6-9(14)7-16-13(11)18(12)10-2-4-21(19,20)5-3-10/h6-8,10H,2-5H2,1H3. The number of fused-ring (bicyclic) bond motifs is 1. The average Bonchev–Trinajstić information content (AvgIpc) is 2.77. The highest BCUT2D eigenvalue weighted by Crippen LogP contribution is 2.33. The van der Waals surface area contributed by atoms with E-state index in [0.29, 0.717) is 12.8 Å². The van der Waals surface area contributed by atoms with E-state index in [1.807, 2.05) is 17.6 Å². The Kier molecular flexibility index (Phi) is 4.00. The Hall–Kier alpha value is -0.660. The molecule has 1 atom stereocenters. The van der Waals surface area contributed by atoms with Crippen molar-refractivity contribution in [1.82, 2.24) is 14.5 Å². The normalized spacial score (nSPS) is 20.7. The number of sulfone groups is 1. The zero-order valence-corrected chi connectivity index (χ0v) is 14.6. The van der Waals surface area contributed by atoms with E-state index in [1.165, 1.54) is 0 Å². The molecule has 0 amide bonds. The molecule has 1 aliphatic rings. The van der Waals surface area contributed by atoms with Gasteiger partial charge in [-0.2, -0.15) is 0 Å². The summed E-state index contributed by atoms with van der Waals surface area (Å²) in [6, 6.07) is 1.99. The van der Waals surface area contributed by atoms with Crippen molar-refractivity contribution in [2.75, 3.05) is 11.5 Å². The zero-order valence-electron chi connectivity index (χ0n) is 11.5. The van der Waals surface area contributed by atoms with Gasteiger partial charge in [0.25, 0.3) is 0 Å². The number of aromatic nitrogens is 3. The Morgan fingerprint density at radius 2 is 2.10 bits per heavy atom. The molecule has 2 aromatic heterocycles. The predicted molar refractivity (Wildman–Crippen MR) is 86.4 cm³/mol. The fourth-order valence-electron chi connectivity index (χ4n) is 2.75. The molecule has 1 fully saturated rings. The summed E-state index contributed by atoms with van der Waals surface area (Å²) in [6.07, 6.45) is 2.90. The van der Waals surface area contributed by atoms with Crippen LogP contribution in [0.4, 0.5) is 0 Å². The predicted octanol–water partition coefficient (Wildman–Crippen LogP) is 3.24. The van der Waals surface area contributed by atoms with Crippen LogP contribution in [-0.4, -0.2) is 34.5 Å². The lowest BCUT2D eigenvalue weighted by Gasteiger charge is -2.25. The van der Waals surface area contributed by atoms with Crippen molar-refractivity contribution >= 4 is 48.5 Å². The van der Waals surface area contributed by atoms with Crippen LogP contribution in [0, 0.1) is 0 Å². The molecule has 5 nitrogen and oxygen atoms in total. The van der Waals surface area contributed by atoms with Gasteiger partial charge < -0.3 is 4.57 Å². The molecule has 3 rings (SSSR count). The number of nitrogens with zero attached hydrogens (tertiary/aromatic N) is 3. The summed E-state index contributed by atoms with van der Waals surface area (Å²) in [5.41, 5.74) is 1.55. The van der Waals surface area contributed by atoms with Gasteiger partial charge in [0.1, 0.15) is 21.2 Å². The topological polar surface area (TPSA) is 64.8 Å². The van der Waals surface area contributed by atoms with Gasteiger partial charge in [0.05, 0.1) is 16.9 Å². The first-order valence-corrected chi connectivity index (χ1v) is 9.80. The minimum Gasteiger partial charge on any atom is -0.308 e. The first kappa shape index (κ1) is 15.2. The van der Waals surface area contributed by atoms with Crippen molar-refractivity contribution in [1.29, 1.82) is 0 Å². The summed E-state index contributed by atoms with van der Waals surface area (Å²) < 4.78 is 26.1. The van der Waals surface area contributed by atoms with Crippen LogP contribution in [0.15, 0.2) is 16.7 Å². The molecule has 0 saturated carbocycles. The molecule has 1 unspecified atom stereocenters. The number of hydrogen-bond donors (Lipinski definition) is 0. The lowest BCUT2D eigenvalue weighted by atomic mass is 10.1. The van der Waals surface area contributed by atoms with Crippen molar-refractivity contribution in [2.45, 2.75) is 31.2 Å². The molecule has 0 aliphatic carbocycles. The van der Waals surface area contributed by atoms with E-state index in [-0.39, 0.29) is 22.9 Å². The number of rotatable bonds is 2. The van der Waals surface area contributed by atoms with Crippen LogP contribution in [0.25, 0.3) is 11.2 Å². The Balaban J connectivity index is 2.10. The molecule has 114 valence electrons. The summed E-state index contributed by atoms with van der Waals surface area (Å²) in [6.45, 7) is 1.87. The fourth-order valence-corrected chi connectivity index (χ4v) is 4.69. The molecule has 1 aliphatic heterocycles. The van der Waals surface area contributed by atoms with Gasteiger partial charge >= 0.3 is 0 Å². The van der Waals surface area contributed by atoms with E-state index in [1.54, 1.807) is 6.20 Å². The van der Waals surface area contributed by atoms with Gasteiger partial charge in [-0.05, 0) is 41.8 Å². The van der Waals surface area contributed by atoms with Crippen LogP contribution in [0.2, 0.25) is 0 Å². The van der Waals surface area contributed by atoms with E-state index in [4.69, 9.17) is 11.6 Å². The van der Waals surface area contributed by atoms with Crippen molar-refractivity contribution in [3.8, 4) is 0 Å². The molecule has 8 heteroatoms. The summed E-state index contributed by atoms with van der Waals surface area (Å²) in [7, 11) is -2.89. The fraction of sp³-hybridized carbons (Fsp3) is 0.538.